The summed E-state index contributed by atoms with van der Waals surface area (Å²) in [6.45, 7) is 3.44. The van der Waals surface area contributed by atoms with Crippen LogP contribution in [0.15, 0.2) is 18.2 Å². The highest BCUT2D eigenvalue weighted by atomic mass is 14.9. The third kappa shape index (κ3) is 1.22. The molecule has 2 N–H and O–H groups in total. The van der Waals surface area contributed by atoms with Crippen molar-refractivity contribution < 1.29 is 0 Å². The van der Waals surface area contributed by atoms with Gasteiger partial charge in [0.25, 0.3) is 0 Å². The number of hydrogen-bond donors (Lipinski definition) is 2. The summed E-state index contributed by atoms with van der Waals surface area (Å²) in [5.74, 6) is 0.732. The molecule has 2 aliphatic rings. The molecule has 1 aromatic carbocycles. The second kappa shape index (κ2) is 3.28. The van der Waals surface area contributed by atoms with E-state index in [1.165, 1.54) is 36.2 Å². The average Bonchev–Trinajstić information content (AvgIpc) is 2.88. The maximum Gasteiger partial charge on any atom is 0.0409 e. The van der Waals surface area contributed by atoms with E-state index in [-0.39, 0.29) is 0 Å². The Morgan fingerprint density at radius 2 is 2.21 bits per heavy atom. The highest BCUT2D eigenvalue weighted by Gasteiger charge is 2.22. The summed E-state index contributed by atoms with van der Waals surface area (Å²) >= 11 is 0. The third-order valence-corrected chi connectivity index (χ3v) is 3.38. The first-order valence-corrected chi connectivity index (χ1v) is 5.51. The van der Waals surface area contributed by atoms with Crippen molar-refractivity contribution in [3.05, 3.63) is 29.3 Å². The maximum atomic E-state index is 3.52. The molecule has 2 nitrogen and oxygen atoms in total. The van der Waals surface area contributed by atoms with Crippen LogP contribution in [0.2, 0.25) is 0 Å². The summed E-state index contributed by atoms with van der Waals surface area (Å²) in [5.41, 5.74) is 4.47. The zero-order chi connectivity index (χ0) is 9.38. The molecule has 1 atom stereocenters. The Kier molecular flexibility index (Phi) is 1.95. The van der Waals surface area contributed by atoms with E-state index in [4.69, 9.17) is 0 Å². The Labute approximate surface area is 84.7 Å². The predicted octanol–water partition coefficient (Wildman–Crippen LogP) is 1.73. The predicted molar refractivity (Wildman–Crippen MR) is 58.9 cm³/mol. The quantitative estimate of drug-likeness (QED) is 0.701. The van der Waals surface area contributed by atoms with Crippen molar-refractivity contribution in [2.24, 2.45) is 0 Å². The van der Waals surface area contributed by atoms with E-state index in [9.17, 15) is 0 Å². The first-order chi connectivity index (χ1) is 6.95. The summed E-state index contributed by atoms with van der Waals surface area (Å²) in [4.78, 5) is 0. The molecule has 14 heavy (non-hydrogen) atoms. The van der Waals surface area contributed by atoms with Crippen molar-refractivity contribution in [2.75, 3.05) is 25.0 Å². The van der Waals surface area contributed by atoms with Crippen LogP contribution in [0, 0.1) is 0 Å². The minimum Gasteiger partial charge on any atom is -0.384 e. The molecule has 0 saturated carbocycles. The summed E-state index contributed by atoms with van der Waals surface area (Å²) in [6.07, 6.45) is 2.49. The van der Waals surface area contributed by atoms with Crippen LogP contribution in [-0.2, 0) is 6.42 Å². The Morgan fingerprint density at radius 3 is 3.07 bits per heavy atom. The number of nitrogens with one attached hydrogen (secondary N) is 2. The van der Waals surface area contributed by atoms with E-state index in [0.29, 0.717) is 0 Å². The van der Waals surface area contributed by atoms with Crippen LogP contribution in [0.5, 0.6) is 0 Å². The van der Waals surface area contributed by atoms with Crippen molar-refractivity contribution >= 4 is 5.69 Å². The lowest BCUT2D eigenvalue weighted by molar-refractivity contribution is 0.765. The molecular weight excluding hydrogens is 172 g/mol. The molecule has 0 amide bonds. The van der Waals surface area contributed by atoms with E-state index in [2.05, 4.69) is 28.8 Å². The van der Waals surface area contributed by atoms with Gasteiger partial charge in [-0.05, 0) is 36.4 Å². The van der Waals surface area contributed by atoms with Crippen LogP contribution < -0.4 is 10.6 Å². The van der Waals surface area contributed by atoms with Gasteiger partial charge in [-0.2, -0.15) is 0 Å². The number of rotatable bonds is 1. The second-order valence-corrected chi connectivity index (χ2v) is 4.25. The lowest BCUT2D eigenvalue weighted by atomic mass is 9.95. The van der Waals surface area contributed by atoms with Gasteiger partial charge in [0.1, 0.15) is 0 Å². The summed E-state index contributed by atoms with van der Waals surface area (Å²) < 4.78 is 0. The van der Waals surface area contributed by atoms with Gasteiger partial charge in [-0.1, -0.05) is 18.2 Å². The van der Waals surface area contributed by atoms with Crippen LogP contribution in [0.25, 0.3) is 0 Å². The lowest BCUT2D eigenvalue weighted by Gasteiger charge is -2.14. The Bertz CT molecular complexity index is 340. The Morgan fingerprint density at radius 1 is 1.21 bits per heavy atom. The van der Waals surface area contributed by atoms with Gasteiger partial charge in [0, 0.05) is 18.8 Å². The van der Waals surface area contributed by atoms with Gasteiger partial charge in [0.15, 0.2) is 0 Å². The molecule has 0 aromatic heterocycles. The second-order valence-electron chi connectivity index (χ2n) is 4.25. The Hall–Kier alpha value is -1.02. The number of benzene rings is 1. The van der Waals surface area contributed by atoms with Crippen molar-refractivity contribution in [3.8, 4) is 0 Å². The van der Waals surface area contributed by atoms with E-state index in [1.54, 1.807) is 0 Å². The molecule has 0 aliphatic carbocycles. The average molecular weight is 188 g/mol. The molecule has 1 fully saturated rings. The molecule has 2 heterocycles. The van der Waals surface area contributed by atoms with Gasteiger partial charge in [-0.15, -0.1) is 0 Å². The highest BCUT2D eigenvalue weighted by Crippen LogP contribution is 2.34. The molecule has 0 radical (unpaired) electrons. The fraction of sp³-hybridized carbons (Fsp3) is 0.500. The molecule has 0 bridgehead atoms. The molecule has 1 saturated heterocycles. The largest absolute Gasteiger partial charge is 0.384 e. The maximum absolute atomic E-state index is 3.52. The van der Waals surface area contributed by atoms with E-state index < -0.39 is 0 Å². The fourth-order valence-electron chi connectivity index (χ4n) is 2.63. The molecule has 3 rings (SSSR count). The SMILES string of the molecule is c1cc2c(c(C3CCNC3)c1)NCC2. The van der Waals surface area contributed by atoms with Crippen LogP contribution >= 0.6 is 0 Å². The Balaban J connectivity index is 2.00. The van der Waals surface area contributed by atoms with Crippen LogP contribution in [0.4, 0.5) is 5.69 Å². The number of hydrogen-bond acceptors (Lipinski definition) is 2. The van der Waals surface area contributed by atoms with E-state index in [0.717, 1.165) is 19.0 Å². The lowest BCUT2D eigenvalue weighted by Crippen LogP contribution is -2.09. The highest BCUT2D eigenvalue weighted by molar-refractivity contribution is 5.62. The van der Waals surface area contributed by atoms with Gasteiger partial charge >= 0.3 is 0 Å². The molecule has 74 valence electrons. The number of fused-ring (bicyclic) bond motifs is 1. The first-order valence-electron chi connectivity index (χ1n) is 5.51. The van der Waals surface area contributed by atoms with Gasteiger partial charge in [-0.25, -0.2) is 0 Å². The summed E-state index contributed by atoms with van der Waals surface area (Å²) in [5, 5.41) is 6.95. The molecule has 0 spiro atoms. The van der Waals surface area contributed by atoms with Crippen molar-refractivity contribution in [2.45, 2.75) is 18.8 Å². The van der Waals surface area contributed by atoms with Crippen LogP contribution in [0.1, 0.15) is 23.5 Å². The molecule has 2 aliphatic heterocycles. The zero-order valence-corrected chi connectivity index (χ0v) is 8.34. The van der Waals surface area contributed by atoms with E-state index in [1.807, 2.05) is 0 Å². The number of anilines is 1. The summed E-state index contributed by atoms with van der Waals surface area (Å²) in [6, 6.07) is 6.75. The van der Waals surface area contributed by atoms with Crippen LogP contribution in [0.3, 0.4) is 0 Å². The van der Waals surface area contributed by atoms with Gasteiger partial charge in [0.2, 0.25) is 0 Å². The van der Waals surface area contributed by atoms with Gasteiger partial charge < -0.3 is 10.6 Å². The summed E-state index contributed by atoms with van der Waals surface area (Å²) in [7, 11) is 0. The van der Waals surface area contributed by atoms with Gasteiger partial charge in [0.05, 0.1) is 0 Å². The molecular formula is C12H16N2. The topological polar surface area (TPSA) is 24.1 Å². The monoisotopic (exact) mass is 188 g/mol. The minimum atomic E-state index is 0.732. The smallest absolute Gasteiger partial charge is 0.0409 e. The standard InChI is InChI=1S/C12H16N2/c1-2-9-5-7-14-12(9)11(3-1)10-4-6-13-8-10/h1-3,10,13-14H,4-8H2. The van der Waals surface area contributed by atoms with Gasteiger partial charge in [-0.3, -0.25) is 0 Å². The molecule has 1 aromatic rings. The fourth-order valence-corrected chi connectivity index (χ4v) is 2.63. The van der Waals surface area contributed by atoms with Crippen molar-refractivity contribution in [1.29, 1.82) is 0 Å². The third-order valence-electron chi connectivity index (χ3n) is 3.38. The number of para-hydroxylation sites is 1. The van der Waals surface area contributed by atoms with Crippen LogP contribution in [-0.4, -0.2) is 19.6 Å². The molecule has 1 unspecified atom stereocenters. The molecule has 2 heteroatoms. The van der Waals surface area contributed by atoms with Crippen molar-refractivity contribution in [1.82, 2.24) is 5.32 Å². The first kappa shape index (κ1) is 8.30. The minimum absolute atomic E-state index is 0.732. The van der Waals surface area contributed by atoms with Crippen molar-refractivity contribution in [3.63, 3.8) is 0 Å². The normalized spacial score (nSPS) is 24.7. The zero-order valence-electron chi connectivity index (χ0n) is 8.34. The van der Waals surface area contributed by atoms with E-state index >= 15 is 0 Å².